The van der Waals surface area contributed by atoms with E-state index in [9.17, 15) is 4.79 Å². The number of rotatable bonds is 7. The number of carbonyl (C=O) groups excluding carboxylic acids is 1. The van der Waals surface area contributed by atoms with Gasteiger partial charge in [0.2, 0.25) is 0 Å². The Morgan fingerprint density at radius 2 is 1.84 bits per heavy atom. The zero-order chi connectivity index (χ0) is 22.7. The molecule has 3 heterocycles. The van der Waals surface area contributed by atoms with Crippen LogP contribution in [0, 0.1) is 6.92 Å². The molecule has 170 valence electrons. The van der Waals surface area contributed by atoms with Gasteiger partial charge < -0.3 is 24.1 Å². The van der Waals surface area contributed by atoms with Crippen molar-refractivity contribution in [1.29, 1.82) is 0 Å². The number of hydrogen-bond acceptors (Lipinski definition) is 7. The van der Waals surface area contributed by atoms with Gasteiger partial charge in [0.05, 0.1) is 26.5 Å². The van der Waals surface area contributed by atoms with Crippen LogP contribution in [0.5, 0.6) is 11.5 Å². The molecule has 32 heavy (non-hydrogen) atoms. The number of nitrogens with one attached hydrogen (secondary N) is 1. The summed E-state index contributed by atoms with van der Waals surface area (Å²) in [5.41, 5.74) is 2.17. The first-order valence-corrected chi connectivity index (χ1v) is 11.4. The van der Waals surface area contributed by atoms with Gasteiger partial charge >= 0.3 is 0 Å². The number of piperazine rings is 1. The lowest BCUT2D eigenvalue weighted by atomic mass is 9.97. The van der Waals surface area contributed by atoms with E-state index in [1.165, 1.54) is 6.26 Å². The van der Waals surface area contributed by atoms with Crippen molar-refractivity contribution in [2.24, 2.45) is 0 Å². The molecule has 1 amide bonds. The average Bonchev–Trinajstić information content (AvgIpc) is 3.45. The van der Waals surface area contributed by atoms with E-state index in [-0.39, 0.29) is 11.9 Å². The van der Waals surface area contributed by atoms with Gasteiger partial charge in [-0.3, -0.25) is 9.69 Å². The summed E-state index contributed by atoms with van der Waals surface area (Å²) in [6, 6.07) is 11.6. The van der Waals surface area contributed by atoms with Crippen LogP contribution in [0.4, 0.5) is 5.00 Å². The van der Waals surface area contributed by atoms with E-state index in [1.54, 1.807) is 37.7 Å². The quantitative estimate of drug-likeness (QED) is 0.574. The van der Waals surface area contributed by atoms with Crippen LogP contribution in [-0.4, -0.2) is 63.2 Å². The van der Waals surface area contributed by atoms with E-state index in [1.807, 2.05) is 12.1 Å². The summed E-state index contributed by atoms with van der Waals surface area (Å²) in [5.74, 6) is 1.44. The number of anilines is 1. The molecule has 1 atom stereocenters. The summed E-state index contributed by atoms with van der Waals surface area (Å²) in [6.45, 7) is 5.89. The number of carbonyl (C=O) groups is 1. The fourth-order valence-corrected chi connectivity index (χ4v) is 5.04. The number of thiophene rings is 1. The van der Waals surface area contributed by atoms with Gasteiger partial charge in [-0.1, -0.05) is 6.07 Å². The van der Waals surface area contributed by atoms with Crippen LogP contribution in [0.15, 0.2) is 47.1 Å². The summed E-state index contributed by atoms with van der Waals surface area (Å²) in [7, 11) is 5.43. The van der Waals surface area contributed by atoms with Gasteiger partial charge in [-0.2, -0.15) is 0 Å². The van der Waals surface area contributed by atoms with Gasteiger partial charge in [0.1, 0.15) is 5.00 Å². The van der Waals surface area contributed by atoms with Crippen LogP contribution in [0.2, 0.25) is 0 Å². The third kappa shape index (κ3) is 4.67. The Morgan fingerprint density at radius 1 is 1.09 bits per heavy atom. The summed E-state index contributed by atoms with van der Waals surface area (Å²) < 4.78 is 16.3. The van der Waals surface area contributed by atoms with Crippen LogP contribution in [0.3, 0.4) is 0 Å². The minimum Gasteiger partial charge on any atom is -0.493 e. The number of likely N-dealkylation sites (N-methyl/N-ethyl adjacent to an activating group) is 1. The lowest BCUT2D eigenvalue weighted by Crippen LogP contribution is -2.46. The van der Waals surface area contributed by atoms with E-state index < -0.39 is 0 Å². The smallest absolute Gasteiger partial charge is 0.291 e. The summed E-state index contributed by atoms with van der Waals surface area (Å²) >= 11 is 1.58. The highest BCUT2D eigenvalue weighted by atomic mass is 32.1. The standard InChI is InChI=1S/C24H29N3O4S/c1-16-14-18(24(32-16)25-23(28)20-6-5-13-31-20)22(27-11-9-26(2)10-12-27)17-7-8-19(29-3)21(15-17)30-4/h5-8,13-15,22H,9-12H2,1-4H3,(H,25,28)/t22-/m0/s1. The van der Waals surface area contributed by atoms with Gasteiger partial charge in [0.15, 0.2) is 17.3 Å². The van der Waals surface area contributed by atoms with Crippen molar-refractivity contribution in [1.82, 2.24) is 9.80 Å². The van der Waals surface area contributed by atoms with Crippen LogP contribution in [0.25, 0.3) is 0 Å². The van der Waals surface area contributed by atoms with E-state index in [0.717, 1.165) is 47.2 Å². The Morgan fingerprint density at radius 3 is 2.50 bits per heavy atom. The van der Waals surface area contributed by atoms with Gasteiger partial charge in [-0.05, 0) is 49.9 Å². The predicted molar refractivity (Wildman–Crippen MR) is 126 cm³/mol. The third-order valence-corrected chi connectivity index (χ3v) is 6.76. The number of aryl methyl sites for hydroxylation is 1. The van der Waals surface area contributed by atoms with E-state index >= 15 is 0 Å². The molecule has 1 aliphatic rings. The number of nitrogens with zero attached hydrogens (tertiary/aromatic N) is 2. The molecule has 0 aliphatic carbocycles. The molecule has 0 unspecified atom stereocenters. The van der Waals surface area contributed by atoms with E-state index in [4.69, 9.17) is 13.9 Å². The zero-order valence-electron chi connectivity index (χ0n) is 18.9. The maximum Gasteiger partial charge on any atom is 0.291 e. The molecular weight excluding hydrogens is 426 g/mol. The minimum atomic E-state index is -0.248. The fourth-order valence-electron chi connectivity index (χ4n) is 4.10. The number of ether oxygens (including phenoxy) is 2. The number of amides is 1. The SMILES string of the molecule is COc1ccc([C@@H](c2cc(C)sc2NC(=O)c2ccco2)N2CCN(C)CC2)cc1OC. The maximum atomic E-state index is 12.7. The van der Waals surface area contributed by atoms with Crippen molar-refractivity contribution in [3.8, 4) is 11.5 Å². The Kier molecular flexibility index (Phi) is 6.83. The molecule has 4 rings (SSSR count). The molecular formula is C24H29N3O4S. The molecule has 1 saturated heterocycles. The zero-order valence-corrected chi connectivity index (χ0v) is 19.7. The lowest BCUT2D eigenvalue weighted by Gasteiger charge is -2.38. The molecule has 1 fully saturated rings. The van der Waals surface area contributed by atoms with Gasteiger partial charge in [-0.25, -0.2) is 0 Å². The van der Waals surface area contributed by atoms with Crippen LogP contribution in [-0.2, 0) is 0 Å². The average molecular weight is 456 g/mol. The topological polar surface area (TPSA) is 67.2 Å². The third-order valence-electron chi connectivity index (χ3n) is 5.78. The highest BCUT2D eigenvalue weighted by Gasteiger charge is 2.30. The fraction of sp³-hybridized carbons (Fsp3) is 0.375. The van der Waals surface area contributed by atoms with Crippen molar-refractivity contribution < 1.29 is 18.7 Å². The summed E-state index contributed by atoms with van der Waals surface area (Å²) in [6.07, 6.45) is 1.51. The Labute approximate surface area is 192 Å². The molecule has 8 heteroatoms. The van der Waals surface area contributed by atoms with E-state index in [2.05, 4.69) is 41.2 Å². The monoisotopic (exact) mass is 455 g/mol. The largest absolute Gasteiger partial charge is 0.493 e. The predicted octanol–water partition coefficient (Wildman–Crippen LogP) is 4.26. The Bertz CT molecular complexity index is 1060. The van der Waals surface area contributed by atoms with Crippen molar-refractivity contribution in [3.05, 3.63) is 64.4 Å². The lowest BCUT2D eigenvalue weighted by molar-refractivity contribution is 0.0996. The second-order valence-corrected chi connectivity index (χ2v) is 9.19. The first-order valence-electron chi connectivity index (χ1n) is 10.6. The minimum absolute atomic E-state index is 0.0274. The van der Waals surface area contributed by atoms with Crippen molar-refractivity contribution >= 4 is 22.2 Å². The first kappa shape index (κ1) is 22.4. The highest BCUT2D eigenvalue weighted by Crippen LogP contribution is 2.41. The molecule has 0 spiro atoms. The van der Waals surface area contributed by atoms with Gasteiger partial charge in [0, 0.05) is 36.6 Å². The molecule has 3 aromatic rings. The second kappa shape index (κ2) is 9.77. The summed E-state index contributed by atoms with van der Waals surface area (Å²) in [4.78, 5) is 18.7. The highest BCUT2D eigenvalue weighted by molar-refractivity contribution is 7.16. The molecule has 1 aromatic carbocycles. The van der Waals surface area contributed by atoms with Gasteiger partial charge in [-0.15, -0.1) is 11.3 Å². The molecule has 1 aliphatic heterocycles. The van der Waals surface area contributed by atoms with Crippen LogP contribution in [0.1, 0.15) is 32.6 Å². The second-order valence-electron chi connectivity index (χ2n) is 7.93. The molecule has 0 radical (unpaired) electrons. The van der Waals surface area contributed by atoms with Crippen LogP contribution < -0.4 is 14.8 Å². The van der Waals surface area contributed by atoms with E-state index in [0.29, 0.717) is 17.3 Å². The van der Waals surface area contributed by atoms with Crippen molar-refractivity contribution in [2.45, 2.75) is 13.0 Å². The molecule has 2 aromatic heterocycles. The Hall–Kier alpha value is -2.81. The molecule has 7 nitrogen and oxygen atoms in total. The van der Waals surface area contributed by atoms with Crippen molar-refractivity contribution in [3.63, 3.8) is 0 Å². The van der Waals surface area contributed by atoms with Crippen molar-refractivity contribution in [2.75, 3.05) is 52.8 Å². The summed E-state index contributed by atoms with van der Waals surface area (Å²) in [5, 5.41) is 3.91. The van der Waals surface area contributed by atoms with Crippen LogP contribution >= 0.6 is 11.3 Å². The normalized spacial score (nSPS) is 16.0. The number of hydrogen-bond donors (Lipinski definition) is 1. The first-order chi connectivity index (χ1) is 15.5. The molecule has 1 N–H and O–H groups in total. The number of benzene rings is 1. The number of methoxy groups -OCH3 is 2. The number of furan rings is 1. The maximum absolute atomic E-state index is 12.7. The van der Waals surface area contributed by atoms with Gasteiger partial charge in [0.25, 0.3) is 5.91 Å². The Balaban J connectivity index is 1.75. The molecule has 0 saturated carbocycles. The molecule has 0 bridgehead atoms.